The van der Waals surface area contributed by atoms with Gasteiger partial charge in [-0.3, -0.25) is 9.59 Å². The largest absolute Gasteiger partial charge is 0.496 e. The first-order valence-electron chi connectivity index (χ1n) is 11.0. The maximum absolute atomic E-state index is 13.4. The van der Waals surface area contributed by atoms with Crippen molar-refractivity contribution < 1.29 is 23.8 Å². The Hall–Kier alpha value is -3.02. The van der Waals surface area contributed by atoms with Gasteiger partial charge in [0.25, 0.3) is 5.91 Å². The Morgan fingerprint density at radius 1 is 0.938 bits per heavy atom. The summed E-state index contributed by atoms with van der Waals surface area (Å²) in [4.78, 5) is 26.7. The highest BCUT2D eigenvalue weighted by molar-refractivity contribution is 5.95. The van der Waals surface area contributed by atoms with Crippen LogP contribution in [0.25, 0.3) is 0 Å². The van der Waals surface area contributed by atoms with Crippen molar-refractivity contribution in [2.75, 3.05) is 34.4 Å². The van der Waals surface area contributed by atoms with E-state index in [9.17, 15) is 9.59 Å². The zero-order valence-electron chi connectivity index (χ0n) is 19.8. The Kier molecular flexibility index (Phi) is 10.1. The van der Waals surface area contributed by atoms with Gasteiger partial charge < -0.3 is 19.1 Å². The van der Waals surface area contributed by atoms with Crippen LogP contribution in [0.4, 0.5) is 0 Å². The Morgan fingerprint density at radius 2 is 1.56 bits per heavy atom. The third kappa shape index (κ3) is 7.01. The molecule has 0 saturated carbocycles. The molecule has 0 aliphatic rings. The smallest absolute Gasteiger partial charge is 0.305 e. The molecule has 0 bridgehead atoms. The van der Waals surface area contributed by atoms with E-state index in [0.29, 0.717) is 48.9 Å². The van der Waals surface area contributed by atoms with E-state index in [2.05, 4.69) is 19.1 Å². The number of nitrogens with zero attached hydrogens (tertiary/aromatic N) is 1. The van der Waals surface area contributed by atoms with E-state index < -0.39 is 0 Å². The van der Waals surface area contributed by atoms with E-state index in [1.165, 1.54) is 12.7 Å². The maximum atomic E-state index is 13.4. The van der Waals surface area contributed by atoms with Gasteiger partial charge >= 0.3 is 5.97 Å². The predicted octanol–water partition coefficient (Wildman–Crippen LogP) is 4.99. The summed E-state index contributed by atoms with van der Waals surface area (Å²) < 4.78 is 15.6. The first kappa shape index (κ1) is 25.2. The summed E-state index contributed by atoms with van der Waals surface area (Å²) in [6.45, 7) is 5.26. The first-order valence-corrected chi connectivity index (χ1v) is 11.0. The first-order chi connectivity index (χ1) is 15.4. The minimum Gasteiger partial charge on any atom is -0.496 e. The van der Waals surface area contributed by atoms with Gasteiger partial charge in [0.1, 0.15) is 11.5 Å². The monoisotopic (exact) mass is 441 g/mol. The fourth-order valence-corrected chi connectivity index (χ4v) is 3.68. The molecule has 0 saturated heterocycles. The summed E-state index contributed by atoms with van der Waals surface area (Å²) in [6.07, 6.45) is 2.59. The normalized spacial score (nSPS) is 11.5. The van der Waals surface area contributed by atoms with Crippen LogP contribution < -0.4 is 9.47 Å². The number of methoxy groups -OCH3 is 3. The van der Waals surface area contributed by atoms with Crippen molar-refractivity contribution in [2.24, 2.45) is 0 Å². The van der Waals surface area contributed by atoms with Crippen molar-refractivity contribution in [1.29, 1.82) is 0 Å². The summed E-state index contributed by atoms with van der Waals surface area (Å²) in [6, 6.07) is 13.8. The Bertz CT molecular complexity index is 856. The molecular formula is C26H35NO5. The quantitative estimate of drug-likeness (QED) is 0.343. The van der Waals surface area contributed by atoms with E-state index in [1.54, 1.807) is 26.4 Å². The van der Waals surface area contributed by atoms with E-state index in [4.69, 9.17) is 14.2 Å². The molecule has 0 fully saturated rings. The van der Waals surface area contributed by atoms with Crippen LogP contribution in [0.1, 0.15) is 60.0 Å². The van der Waals surface area contributed by atoms with Crippen molar-refractivity contribution in [2.45, 2.75) is 45.4 Å². The number of unbranched alkanes of at least 4 members (excludes halogenated alkanes) is 1. The molecule has 1 amide bonds. The molecule has 0 aliphatic carbocycles. The average molecular weight is 442 g/mol. The highest BCUT2D eigenvalue weighted by Gasteiger charge is 2.20. The molecule has 0 heterocycles. The highest BCUT2D eigenvalue weighted by Crippen LogP contribution is 2.30. The maximum Gasteiger partial charge on any atom is 0.305 e. The minimum atomic E-state index is -0.228. The van der Waals surface area contributed by atoms with Gasteiger partial charge in [-0.2, -0.15) is 0 Å². The zero-order valence-corrected chi connectivity index (χ0v) is 19.8. The SMILES string of the molecule is COC(=O)CCCCN(CCC(C)c1ccccc1)C(=O)c1cc(OC)c(C)c(OC)c1. The molecule has 0 radical (unpaired) electrons. The molecule has 6 nitrogen and oxygen atoms in total. The van der Waals surface area contributed by atoms with E-state index in [0.717, 1.165) is 18.4 Å². The summed E-state index contributed by atoms with van der Waals surface area (Å²) in [5, 5.41) is 0. The van der Waals surface area contributed by atoms with Crippen LogP contribution in [-0.2, 0) is 9.53 Å². The molecule has 32 heavy (non-hydrogen) atoms. The Balaban J connectivity index is 2.16. The molecule has 2 rings (SSSR count). The molecule has 6 heteroatoms. The number of esters is 1. The molecule has 1 atom stereocenters. The van der Waals surface area contributed by atoms with Crippen LogP contribution in [-0.4, -0.2) is 51.2 Å². The van der Waals surface area contributed by atoms with Crippen molar-refractivity contribution in [3.05, 3.63) is 59.2 Å². The van der Waals surface area contributed by atoms with E-state index >= 15 is 0 Å². The van der Waals surface area contributed by atoms with Gasteiger partial charge in [0.2, 0.25) is 0 Å². The molecule has 174 valence electrons. The molecule has 1 unspecified atom stereocenters. The number of hydrogen-bond donors (Lipinski definition) is 0. The van der Waals surface area contributed by atoms with Crippen molar-refractivity contribution >= 4 is 11.9 Å². The molecule has 0 aliphatic heterocycles. The molecule has 0 spiro atoms. The van der Waals surface area contributed by atoms with Crippen LogP contribution in [0.5, 0.6) is 11.5 Å². The summed E-state index contributed by atoms with van der Waals surface area (Å²) >= 11 is 0. The number of amides is 1. The number of benzene rings is 2. The lowest BCUT2D eigenvalue weighted by Crippen LogP contribution is -2.33. The average Bonchev–Trinajstić information content (AvgIpc) is 2.83. The minimum absolute atomic E-state index is 0.0695. The van der Waals surface area contributed by atoms with Crippen LogP contribution in [0.15, 0.2) is 42.5 Å². The van der Waals surface area contributed by atoms with Gasteiger partial charge in [-0.1, -0.05) is 37.3 Å². The Labute approximate surface area is 191 Å². The zero-order chi connectivity index (χ0) is 23.5. The second kappa shape index (κ2) is 12.7. The fourth-order valence-electron chi connectivity index (χ4n) is 3.68. The number of ether oxygens (including phenoxy) is 3. The van der Waals surface area contributed by atoms with Crippen LogP contribution >= 0.6 is 0 Å². The lowest BCUT2D eigenvalue weighted by Gasteiger charge is -2.25. The summed E-state index contributed by atoms with van der Waals surface area (Å²) in [5.41, 5.74) is 2.64. The van der Waals surface area contributed by atoms with Gasteiger partial charge in [0.15, 0.2) is 0 Å². The lowest BCUT2D eigenvalue weighted by atomic mass is 9.97. The van der Waals surface area contributed by atoms with Crippen LogP contribution in [0.3, 0.4) is 0 Å². The van der Waals surface area contributed by atoms with E-state index in [-0.39, 0.29) is 11.9 Å². The third-order valence-corrected chi connectivity index (χ3v) is 5.77. The molecular weight excluding hydrogens is 406 g/mol. The van der Waals surface area contributed by atoms with Gasteiger partial charge in [-0.25, -0.2) is 0 Å². The number of carbonyl (C=O) groups excluding carboxylic acids is 2. The summed E-state index contributed by atoms with van der Waals surface area (Å²) in [5.74, 6) is 1.27. The molecule has 2 aromatic rings. The van der Waals surface area contributed by atoms with Crippen LogP contribution in [0, 0.1) is 6.92 Å². The van der Waals surface area contributed by atoms with Gasteiger partial charge in [0, 0.05) is 30.6 Å². The second-order valence-corrected chi connectivity index (χ2v) is 7.93. The number of carbonyl (C=O) groups is 2. The molecule has 0 N–H and O–H groups in total. The number of rotatable bonds is 12. The topological polar surface area (TPSA) is 65.1 Å². The van der Waals surface area contributed by atoms with Gasteiger partial charge in [-0.05, 0) is 49.8 Å². The van der Waals surface area contributed by atoms with Gasteiger partial charge in [-0.15, -0.1) is 0 Å². The van der Waals surface area contributed by atoms with Crippen molar-refractivity contribution in [3.63, 3.8) is 0 Å². The third-order valence-electron chi connectivity index (χ3n) is 5.77. The highest BCUT2D eigenvalue weighted by atomic mass is 16.5. The molecule has 2 aromatic carbocycles. The fraction of sp³-hybridized carbons (Fsp3) is 0.462. The van der Waals surface area contributed by atoms with Crippen molar-refractivity contribution in [1.82, 2.24) is 4.90 Å². The summed E-state index contributed by atoms with van der Waals surface area (Å²) in [7, 11) is 4.56. The lowest BCUT2D eigenvalue weighted by molar-refractivity contribution is -0.140. The molecule has 0 aromatic heterocycles. The Morgan fingerprint density at radius 3 is 2.12 bits per heavy atom. The van der Waals surface area contributed by atoms with Crippen LogP contribution in [0.2, 0.25) is 0 Å². The predicted molar refractivity (Wildman–Crippen MR) is 126 cm³/mol. The van der Waals surface area contributed by atoms with Crippen molar-refractivity contribution in [3.8, 4) is 11.5 Å². The second-order valence-electron chi connectivity index (χ2n) is 7.93. The van der Waals surface area contributed by atoms with Gasteiger partial charge in [0.05, 0.1) is 21.3 Å². The number of hydrogen-bond acceptors (Lipinski definition) is 5. The van der Waals surface area contributed by atoms with E-state index in [1.807, 2.05) is 30.0 Å². The standard InChI is InChI=1S/C26H35NO5/c1-19(21-11-7-6-8-12-21)14-16-27(15-10-9-13-25(28)32-5)26(29)22-17-23(30-3)20(2)24(18-22)31-4/h6-8,11-12,17-19H,9-10,13-16H2,1-5H3.